The molecule has 1 aromatic rings. The van der Waals surface area contributed by atoms with Crippen LogP contribution in [-0.2, 0) is 16.0 Å². The molecule has 1 saturated carbocycles. The third-order valence-corrected chi connectivity index (χ3v) is 3.92. The maximum atomic E-state index is 12.2. The number of hydrogen-bond donors (Lipinski definition) is 3. The molecule has 2 aliphatic rings. The van der Waals surface area contributed by atoms with Crippen LogP contribution < -0.4 is 10.6 Å². The second-order valence-corrected chi connectivity index (χ2v) is 5.32. The number of hydrogen-bond acceptors (Lipinski definition) is 3. The highest BCUT2D eigenvalue weighted by molar-refractivity contribution is 5.91. The molecule has 5 heteroatoms. The number of carbonyl (C=O) groups excluding carboxylic acids is 1. The fourth-order valence-electron chi connectivity index (χ4n) is 2.48. The van der Waals surface area contributed by atoms with Crippen molar-refractivity contribution in [3.8, 4) is 0 Å². The molecule has 3 rings (SSSR count). The molecule has 3 N–H and O–H groups in total. The van der Waals surface area contributed by atoms with E-state index in [4.69, 9.17) is 5.11 Å². The number of fused-ring (bicyclic) bond motifs is 1. The lowest BCUT2D eigenvalue weighted by atomic mass is 9.93. The Morgan fingerprint density at radius 2 is 2.05 bits per heavy atom. The van der Waals surface area contributed by atoms with E-state index in [-0.39, 0.29) is 11.8 Å². The van der Waals surface area contributed by atoms with Crippen molar-refractivity contribution in [2.75, 3.05) is 11.9 Å². The zero-order valence-corrected chi connectivity index (χ0v) is 10.5. The van der Waals surface area contributed by atoms with Crippen LogP contribution in [0.15, 0.2) is 24.3 Å². The molecule has 1 unspecified atom stereocenters. The molecular formula is C14H16N2O3. The summed E-state index contributed by atoms with van der Waals surface area (Å²) in [5.41, 5.74) is 1.17. The predicted molar refractivity (Wildman–Crippen MR) is 69.9 cm³/mol. The Labute approximate surface area is 111 Å². The van der Waals surface area contributed by atoms with Gasteiger partial charge in [0.25, 0.3) is 0 Å². The summed E-state index contributed by atoms with van der Waals surface area (Å²) in [6, 6.07) is 7.88. The predicted octanol–water partition coefficient (Wildman–Crippen LogP) is 1.00. The SMILES string of the molecule is O=C(NC1(C(=O)O)CC1)C1CNc2ccccc2C1. The third-order valence-electron chi connectivity index (χ3n) is 3.92. The number of anilines is 1. The Bertz CT molecular complexity index is 537. The van der Waals surface area contributed by atoms with Crippen molar-refractivity contribution in [3.05, 3.63) is 29.8 Å². The van der Waals surface area contributed by atoms with Gasteiger partial charge in [-0.2, -0.15) is 0 Å². The molecule has 1 aliphatic carbocycles. The van der Waals surface area contributed by atoms with Gasteiger partial charge in [0.1, 0.15) is 5.54 Å². The first-order chi connectivity index (χ1) is 9.11. The first kappa shape index (κ1) is 12.0. The van der Waals surface area contributed by atoms with E-state index in [1.807, 2.05) is 24.3 Å². The second kappa shape index (κ2) is 4.26. The molecule has 1 aromatic carbocycles. The van der Waals surface area contributed by atoms with Crippen LogP contribution in [0.1, 0.15) is 18.4 Å². The van der Waals surface area contributed by atoms with Crippen molar-refractivity contribution < 1.29 is 14.7 Å². The largest absolute Gasteiger partial charge is 0.480 e. The summed E-state index contributed by atoms with van der Waals surface area (Å²) < 4.78 is 0. The maximum absolute atomic E-state index is 12.2. The number of para-hydroxylation sites is 1. The lowest BCUT2D eigenvalue weighted by molar-refractivity contribution is -0.143. The number of carboxylic acids is 1. The highest BCUT2D eigenvalue weighted by Crippen LogP contribution is 2.36. The van der Waals surface area contributed by atoms with Crippen LogP contribution in [0.2, 0.25) is 0 Å². The molecule has 0 bridgehead atoms. The first-order valence-electron chi connectivity index (χ1n) is 6.48. The smallest absolute Gasteiger partial charge is 0.329 e. The van der Waals surface area contributed by atoms with E-state index in [0.717, 1.165) is 11.3 Å². The van der Waals surface area contributed by atoms with Gasteiger partial charge < -0.3 is 15.7 Å². The van der Waals surface area contributed by atoms with Gasteiger partial charge in [0.15, 0.2) is 0 Å². The van der Waals surface area contributed by atoms with Gasteiger partial charge >= 0.3 is 5.97 Å². The van der Waals surface area contributed by atoms with Crippen molar-refractivity contribution in [1.82, 2.24) is 5.32 Å². The summed E-state index contributed by atoms with van der Waals surface area (Å²) >= 11 is 0. The zero-order chi connectivity index (χ0) is 13.5. The molecule has 1 aliphatic heterocycles. The first-order valence-corrected chi connectivity index (χ1v) is 6.48. The summed E-state index contributed by atoms with van der Waals surface area (Å²) in [7, 11) is 0. The Morgan fingerprint density at radius 3 is 2.74 bits per heavy atom. The van der Waals surface area contributed by atoms with Crippen LogP contribution in [0, 0.1) is 5.92 Å². The molecule has 100 valence electrons. The van der Waals surface area contributed by atoms with Crippen molar-refractivity contribution in [2.45, 2.75) is 24.8 Å². The zero-order valence-electron chi connectivity index (χ0n) is 10.5. The highest BCUT2D eigenvalue weighted by Gasteiger charge is 2.52. The standard InChI is InChI=1S/C14H16N2O3/c17-12(16-14(5-6-14)13(18)19)10-7-9-3-1-2-4-11(9)15-8-10/h1-4,10,15H,5-8H2,(H,16,17)(H,18,19). The third kappa shape index (κ3) is 2.16. The van der Waals surface area contributed by atoms with Gasteiger partial charge in [-0.15, -0.1) is 0 Å². The number of carboxylic acid groups (broad SMARTS) is 1. The van der Waals surface area contributed by atoms with E-state index >= 15 is 0 Å². The molecule has 5 nitrogen and oxygen atoms in total. The molecule has 1 fully saturated rings. The summed E-state index contributed by atoms with van der Waals surface area (Å²) in [4.78, 5) is 23.2. The molecule has 0 aromatic heterocycles. The summed E-state index contributed by atoms with van der Waals surface area (Å²) in [6.45, 7) is 0.554. The summed E-state index contributed by atoms with van der Waals surface area (Å²) in [5, 5.41) is 15.0. The van der Waals surface area contributed by atoms with Gasteiger partial charge in [0.2, 0.25) is 5.91 Å². The molecular weight excluding hydrogens is 244 g/mol. The molecule has 1 atom stereocenters. The average Bonchev–Trinajstić information content (AvgIpc) is 3.19. The number of carbonyl (C=O) groups is 2. The summed E-state index contributed by atoms with van der Waals surface area (Å²) in [6.07, 6.45) is 1.72. The van der Waals surface area contributed by atoms with Gasteiger partial charge in [-0.1, -0.05) is 18.2 Å². The van der Waals surface area contributed by atoms with Crippen molar-refractivity contribution in [1.29, 1.82) is 0 Å². The molecule has 0 saturated heterocycles. The minimum Gasteiger partial charge on any atom is -0.480 e. The van der Waals surface area contributed by atoms with Gasteiger partial charge in [0, 0.05) is 12.2 Å². The molecule has 0 radical (unpaired) electrons. The van der Waals surface area contributed by atoms with Crippen LogP contribution in [0.25, 0.3) is 0 Å². The summed E-state index contributed by atoms with van der Waals surface area (Å²) in [5.74, 6) is -1.29. The molecule has 1 amide bonds. The lowest BCUT2D eigenvalue weighted by Gasteiger charge is -2.26. The number of nitrogens with one attached hydrogen (secondary N) is 2. The van der Waals surface area contributed by atoms with Gasteiger partial charge in [-0.3, -0.25) is 4.79 Å². The fourth-order valence-corrected chi connectivity index (χ4v) is 2.48. The van der Waals surface area contributed by atoms with E-state index in [9.17, 15) is 9.59 Å². The number of benzene rings is 1. The van der Waals surface area contributed by atoms with Crippen LogP contribution in [0.5, 0.6) is 0 Å². The van der Waals surface area contributed by atoms with Crippen molar-refractivity contribution in [2.24, 2.45) is 5.92 Å². The Hall–Kier alpha value is -2.04. The lowest BCUT2D eigenvalue weighted by Crippen LogP contribution is -2.48. The topological polar surface area (TPSA) is 78.4 Å². The average molecular weight is 260 g/mol. The minimum atomic E-state index is -0.992. The second-order valence-electron chi connectivity index (χ2n) is 5.32. The van der Waals surface area contributed by atoms with Gasteiger partial charge in [0.05, 0.1) is 5.92 Å². The Kier molecular flexibility index (Phi) is 2.69. The minimum absolute atomic E-state index is 0.165. The Morgan fingerprint density at radius 1 is 1.32 bits per heavy atom. The van der Waals surface area contributed by atoms with Crippen LogP contribution in [0.4, 0.5) is 5.69 Å². The van der Waals surface area contributed by atoms with Crippen LogP contribution in [0.3, 0.4) is 0 Å². The van der Waals surface area contributed by atoms with E-state index in [1.54, 1.807) is 0 Å². The molecule has 19 heavy (non-hydrogen) atoms. The van der Waals surface area contributed by atoms with Gasteiger partial charge in [-0.25, -0.2) is 4.79 Å². The van der Waals surface area contributed by atoms with Crippen LogP contribution >= 0.6 is 0 Å². The van der Waals surface area contributed by atoms with E-state index in [2.05, 4.69) is 10.6 Å². The highest BCUT2D eigenvalue weighted by atomic mass is 16.4. The van der Waals surface area contributed by atoms with Gasteiger partial charge in [-0.05, 0) is 30.9 Å². The quantitative estimate of drug-likeness (QED) is 0.757. The number of amides is 1. The normalized spacial score (nSPS) is 22.8. The number of aliphatic carboxylic acids is 1. The van der Waals surface area contributed by atoms with Crippen molar-refractivity contribution >= 4 is 17.6 Å². The monoisotopic (exact) mass is 260 g/mol. The number of rotatable bonds is 3. The van der Waals surface area contributed by atoms with E-state index in [0.29, 0.717) is 25.8 Å². The fraction of sp³-hybridized carbons (Fsp3) is 0.429. The molecule has 1 heterocycles. The maximum Gasteiger partial charge on any atom is 0.329 e. The van der Waals surface area contributed by atoms with Crippen LogP contribution in [-0.4, -0.2) is 29.1 Å². The molecule has 0 spiro atoms. The van der Waals surface area contributed by atoms with E-state index in [1.165, 1.54) is 0 Å². The van der Waals surface area contributed by atoms with Crippen molar-refractivity contribution in [3.63, 3.8) is 0 Å². The Balaban J connectivity index is 1.68. The van der Waals surface area contributed by atoms with E-state index < -0.39 is 11.5 Å².